The van der Waals surface area contributed by atoms with Gasteiger partial charge in [-0.1, -0.05) is 23.2 Å². The van der Waals surface area contributed by atoms with Gasteiger partial charge in [0.1, 0.15) is 5.82 Å². The topological polar surface area (TPSA) is 80.7 Å². The first-order chi connectivity index (χ1) is 16.6. The van der Waals surface area contributed by atoms with Gasteiger partial charge in [0.25, 0.3) is 0 Å². The second-order valence-corrected chi connectivity index (χ2v) is 9.63. The highest BCUT2D eigenvalue weighted by Gasteiger charge is 2.18. The maximum Gasteiger partial charge on any atom is 0.152 e. The van der Waals surface area contributed by atoms with E-state index in [-0.39, 0.29) is 6.10 Å². The van der Waals surface area contributed by atoms with Gasteiger partial charge in [0.05, 0.1) is 28.5 Å². The Kier molecular flexibility index (Phi) is 9.53. The Labute approximate surface area is 211 Å². The number of nitrogens with one attached hydrogen (secondary N) is 2. The number of pyridine rings is 2. The van der Waals surface area contributed by atoms with Crippen LogP contribution < -0.4 is 10.6 Å². The van der Waals surface area contributed by atoms with Crippen LogP contribution in [0.25, 0.3) is 11.3 Å². The van der Waals surface area contributed by atoms with E-state index in [1.165, 1.54) is 6.42 Å². The fourth-order valence-electron chi connectivity index (χ4n) is 4.38. The summed E-state index contributed by atoms with van der Waals surface area (Å²) in [5.74, 6) is 1.38. The van der Waals surface area contributed by atoms with Gasteiger partial charge >= 0.3 is 0 Å². The lowest BCUT2D eigenvalue weighted by Gasteiger charge is -2.24. The summed E-state index contributed by atoms with van der Waals surface area (Å²) in [6.45, 7) is 3.16. The van der Waals surface area contributed by atoms with Gasteiger partial charge in [-0.25, -0.2) is 15.0 Å². The molecule has 2 aliphatic rings. The molecule has 0 spiro atoms. The Balaban J connectivity index is 1.44. The van der Waals surface area contributed by atoms with Gasteiger partial charge in [-0.2, -0.15) is 0 Å². The summed E-state index contributed by atoms with van der Waals surface area (Å²) in [5, 5.41) is 7.95. The van der Waals surface area contributed by atoms with E-state index in [4.69, 9.17) is 42.7 Å². The summed E-state index contributed by atoms with van der Waals surface area (Å²) in [5.41, 5.74) is 2.51. The number of aliphatic imine (C=N–C) groups is 1. The summed E-state index contributed by atoms with van der Waals surface area (Å²) < 4.78 is 10.9. The fraction of sp³-hybridized carbons (Fsp3) is 0.560. The summed E-state index contributed by atoms with van der Waals surface area (Å²) in [6.07, 6.45) is 9.28. The molecule has 2 aromatic heterocycles. The average molecular weight is 506 g/mol. The lowest BCUT2D eigenvalue weighted by atomic mass is 9.93. The van der Waals surface area contributed by atoms with Crippen LogP contribution in [0, 0.1) is 0 Å². The molecule has 34 heavy (non-hydrogen) atoms. The molecule has 1 atom stereocenters. The molecule has 1 aliphatic heterocycles. The fourth-order valence-corrected chi connectivity index (χ4v) is 4.78. The number of hydrogen-bond donors (Lipinski definition) is 2. The Morgan fingerprint density at radius 2 is 2.00 bits per heavy atom. The summed E-state index contributed by atoms with van der Waals surface area (Å²) in [7, 11) is 1.72. The highest BCUT2D eigenvalue weighted by molar-refractivity contribution is 6.36. The Morgan fingerprint density at radius 1 is 1.15 bits per heavy atom. The quantitative estimate of drug-likeness (QED) is 0.426. The van der Waals surface area contributed by atoms with Crippen LogP contribution in [0.15, 0.2) is 29.4 Å². The van der Waals surface area contributed by atoms with Crippen molar-refractivity contribution in [3.05, 3.63) is 34.4 Å². The normalized spacial score (nSPS) is 20.9. The smallest absolute Gasteiger partial charge is 0.152 e. The van der Waals surface area contributed by atoms with E-state index >= 15 is 0 Å². The predicted molar refractivity (Wildman–Crippen MR) is 139 cm³/mol. The molecule has 1 aliphatic carbocycles. The molecule has 0 aromatic carbocycles. The van der Waals surface area contributed by atoms with Gasteiger partial charge in [0.2, 0.25) is 0 Å². The third kappa shape index (κ3) is 7.12. The van der Waals surface area contributed by atoms with Crippen molar-refractivity contribution in [3.63, 3.8) is 0 Å². The van der Waals surface area contributed by atoms with E-state index in [0.29, 0.717) is 27.6 Å². The molecule has 7 nitrogen and oxygen atoms in total. The Morgan fingerprint density at radius 3 is 2.76 bits per heavy atom. The molecular weight excluding hydrogens is 473 g/mol. The van der Waals surface area contributed by atoms with Crippen LogP contribution in [0.4, 0.5) is 11.6 Å². The van der Waals surface area contributed by atoms with Crippen LogP contribution >= 0.6 is 23.2 Å². The molecule has 0 radical (unpaired) electrons. The Hall–Kier alpha value is -1.77. The SMILES string of the molecule is COCCNC1CCC(=Nc2cc(-c3nc(NC[C@@H]4CCCCO4)ccc3Cl)c(Cl)cn2)CC1. The molecule has 3 heterocycles. The predicted octanol–water partition coefficient (Wildman–Crippen LogP) is 5.68. The number of aromatic nitrogens is 2. The first-order valence-corrected chi connectivity index (χ1v) is 12.8. The summed E-state index contributed by atoms with van der Waals surface area (Å²) >= 11 is 13.0. The number of anilines is 1. The van der Waals surface area contributed by atoms with Crippen LogP contribution in [0.1, 0.15) is 44.9 Å². The van der Waals surface area contributed by atoms with Gasteiger partial charge < -0.3 is 20.1 Å². The third-order valence-corrected chi connectivity index (χ3v) is 6.91. The first-order valence-electron chi connectivity index (χ1n) is 12.1. The number of nitrogens with zero attached hydrogens (tertiary/aromatic N) is 3. The van der Waals surface area contributed by atoms with Gasteiger partial charge in [-0.15, -0.1) is 0 Å². The van der Waals surface area contributed by atoms with Crippen molar-refractivity contribution in [2.24, 2.45) is 4.99 Å². The highest BCUT2D eigenvalue weighted by Crippen LogP contribution is 2.34. The van der Waals surface area contributed by atoms with E-state index < -0.39 is 0 Å². The van der Waals surface area contributed by atoms with Crippen molar-refractivity contribution in [1.29, 1.82) is 0 Å². The monoisotopic (exact) mass is 505 g/mol. The number of ether oxygens (including phenoxy) is 2. The summed E-state index contributed by atoms with van der Waals surface area (Å²) in [6, 6.07) is 6.11. The highest BCUT2D eigenvalue weighted by atomic mass is 35.5. The maximum absolute atomic E-state index is 6.52. The minimum Gasteiger partial charge on any atom is -0.383 e. The van der Waals surface area contributed by atoms with Crippen molar-refractivity contribution < 1.29 is 9.47 Å². The molecule has 1 saturated carbocycles. The zero-order valence-electron chi connectivity index (χ0n) is 19.7. The molecule has 2 fully saturated rings. The third-order valence-electron chi connectivity index (χ3n) is 6.30. The van der Waals surface area contributed by atoms with Gasteiger partial charge in [0, 0.05) is 50.3 Å². The van der Waals surface area contributed by atoms with Crippen LogP contribution in [0.5, 0.6) is 0 Å². The number of halogens is 2. The molecule has 1 saturated heterocycles. The van der Waals surface area contributed by atoms with Gasteiger partial charge in [-0.05, 0) is 63.1 Å². The minimum absolute atomic E-state index is 0.215. The van der Waals surface area contributed by atoms with Crippen LogP contribution in [0.2, 0.25) is 10.0 Å². The largest absolute Gasteiger partial charge is 0.383 e. The lowest BCUT2D eigenvalue weighted by Crippen LogP contribution is -2.35. The van der Waals surface area contributed by atoms with E-state index in [0.717, 1.165) is 81.9 Å². The zero-order valence-corrected chi connectivity index (χ0v) is 21.2. The zero-order chi connectivity index (χ0) is 23.8. The van der Waals surface area contributed by atoms with Gasteiger partial charge in [0.15, 0.2) is 5.82 Å². The summed E-state index contributed by atoms with van der Waals surface area (Å²) in [4.78, 5) is 14.0. The van der Waals surface area contributed by atoms with E-state index in [2.05, 4.69) is 15.6 Å². The molecule has 184 valence electrons. The van der Waals surface area contributed by atoms with Gasteiger partial charge in [-0.3, -0.25) is 0 Å². The van der Waals surface area contributed by atoms with Crippen molar-refractivity contribution in [3.8, 4) is 11.3 Å². The van der Waals surface area contributed by atoms with Crippen molar-refractivity contribution in [1.82, 2.24) is 15.3 Å². The molecular formula is C25H33Cl2N5O2. The molecule has 0 bridgehead atoms. The van der Waals surface area contributed by atoms with E-state index in [9.17, 15) is 0 Å². The first kappa shape index (κ1) is 25.3. The number of rotatable bonds is 9. The van der Waals surface area contributed by atoms with Crippen molar-refractivity contribution in [2.75, 3.05) is 38.7 Å². The Bertz CT molecular complexity index is 972. The number of hydrogen-bond acceptors (Lipinski definition) is 7. The number of methoxy groups -OCH3 is 1. The molecule has 0 amide bonds. The maximum atomic E-state index is 6.52. The van der Waals surface area contributed by atoms with E-state index in [1.54, 1.807) is 13.3 Å². The van der Waals surface area contributed by atoms with Crippen LogP contribution in [-0.2, 0) is 9.47 Å². The van der Waals surface area contributed by atoms with Crippen LogP contribution in [-0.4, -0.2) is 61.2 Å². The molecule has 9 heteroatoms. The average Bonchev–Trinajstić information content (AvgIpc) is 2.87. The van der Waals surface area contributed by atoms with E-state index in [1.807, 2.05) is 18.2 Å². The standard InChI is InChI=1S/C25H33Cl2N5O2/c1-33-13-11-28-17-5-7-18(8-6-17)31-24-14-20(22(27)16-30-24)25-21(26)9-10-23(32-25)29-15-19-4-2-3-12-34-19/h9-10,14,16-17,19,28H,2-8,11-13,15H2,1H3,(H,29,32)/t17?,19-/m0/s1. The van der Waals surface area contributed by atoms with Crippen molar-refractivity contribution >= 4 is 40.5 Å². The molecule has 0 unspecified atom stereocenters. The molecule has 2 aromatic rings. The van der Waals surface area contributed by atoms with Crippen molar-refractivity contribution in [2.45, 2.75) is 57.1 Å². The lowest BCUT2D eigenvalue weighted by molar-refractivity contribution is 0.0247. The van der Waals surface area contributed by atoms with Crippen LogP contribution in [0.3, 0.4) is 0 Å². The molecule has 2 N–H and O–H groups in total. The second-order valence-electron chi connectivity index (χ2n) is 8.82. The second kappa shape index (κ2) is 12.8. The minimum atomic E-state index is 0.215. The molecule has 4 rings (SSSR count).